The Morgan fingerprint density at radius 2 is 2.05 bits per heavy atom. The third-order valence-electron chi connectivity index (χ3n) is 4.27. The Hall–Kier alpha value is -2.10. The van der Waals surface area contributed by atoms with E-state index in [0.29, 0.717) is 18.4 Å². The summed E-state index contributed by atoms with van der Waals surface area (Å²) in [6.45, 7) is 3.85. The molecule has 0 bridgehead atoms. The Balaban J connectivity index is 2.12. The molecule has 2 heterocycles. The predicted octanol–water partition coefficient (Wildman–Crippen LogP) is 2.31. The molecule has 0 saturated carbocycles. The van der Waals surface area contributed by atoms with Crippen LogP contribution < -0.4 is 0 Å². The highest BCUT2D eigenvalue weighted by Gasteiger charge is 2.41. The average Bonchev–Trinajstić information content (AvgIpc) is 2.55. The summed E-state index contributed by atoms with van der Waals surface area (Å²) < 4.78 is 0. The summed E-state index contributed by atoms with van der Waals surface area (Å²) >= 11 is 0. The minimum atomic E-state index is -0.921. The number of hydrogen-bond donors (Lipinski definition) is 1. The van der Waals surface area contributed by atoms with Crippen molar-refractivity contribution in [2.24, 2.45) is 0 Å². The first-order chi connectivity index (χ1) is 9.59. The van der Waals surface area contributed by atoms with Gasteiger partial charge < -0.3 is 10.0 Å². The molecule has 104 valence electrons. The van der Waals surface area contributed by atoms with Crippen molar-refractivity contribution in [3.8, 4) is 0 Å². The highest BCUT2D eigenvalue weighted by atomic mass is 16.4. The van der Waals surface area contributed by atoms with E-state index in [4.69, 9.17) is 0 Å². The Morgan fingerprint density at radius 3 is 2.80 bits per heavy atom. The maximum absolute atomic E-state index is 12.5. The van der Waals surface area contributed by atoms with Crippen molar-refractivity contribution in [3.63, 3.8) is 0 Å². The van der Waals surface area contributed by atoms with Gasteiger partial charge >= 0.3 is 5.97 Å². The molecule has 1 amide bonds. The highest BCUT2D eigenvalue weighted by molar-refractivity contribution is 5.97. The number of aliphatic carboxylic acids is 1. The summed E-state index contributed by atoms with van der Waals surface area (Å²) in [6, 6.07) is 7.03. The fourth-order valence-corrected chi connectivity index (χ4v) is 3.34. The van der Waals surface area contributed by atoms with Crippen LogP contribution in [0.5, 0.6) is 0 Å². The maximum Gasteiger partial charge on any atom is 0.326 e. The van der Waals surface area contributed by atoms with Gasteiger partial charge in [0.1, 0.15) is 6.04 Å². The number of rotatable bonds is 1. The number of carbonyl (C=O) groups is 2. The number of carboxylic acid groups (broad SMARTS) is 1. The van der Waals surface area contributed by atoms with Crippen molar-refractivity contribution in [1.82, 2.24) is 4.90 Å². The van der Waals surface area contributed by atoms with Crippen molar-refractivity contribution >= 4 is 11.9 Å². The lowest BCUT2D eigenvalue weighted by atomic mass is 9.89. The topological polar surface area (TPSA) is 57.6 Å². The van der Waals surface area contributed by atoms with Crippen molar-refractivity contribution in [2.45, 2.75) is 37.8 Å². The van der Waals surface area contributed by atoms with Gasteiger partial charge in [-0.3, -0.25) is 4.79 Å². The molecular formula is C16H17NO3. The Labute approximate surface area is 117 Å². The Kier molecular flexibility index (Phi) is 3.08. The lowest BCUT2D eigenvalue weighted by molar-refractivity contribution is -0.153. The second-order valence-electron chi connectivity index (χ2n) is 5.49. The second kappa shape index (κ2) is 4.78. The summed E-state index contributed by atoms with van der Waals surface area (Å²) in [5, 5.41) is 9.40. The third-order valence-corrected chi connectivity index (χ3v) is 4.27. The molecule has 2 atom stereocenters. The molecule has 20 heavy (non-hydrogen) atoms. The summed E-state index contributed by atoms with van der Waals surface area (Å²) in [5.41, 5.74) is 2.64. The molecule has 2 aliphatic rings. The molecule has 1 saturated heterocycles. The van der Waals surface area contributed by atoms with Crippen LogP contribution in [0.15, 0.2) is 36.4 Å². The first kappa shape index (κ1) is 12.9. The Bertz CT molecular complexity index is 593. The molecule has 0 aromatic heterocycles. The van der Waals surface area contributed by atoms with Crippen molar-refractivity contribution < 1.29 is 14.7 Å². The van der Waals surface area contributed by atoms with Crippen LogP contribution in [0, 0.1) is 0 Å². The van der Waals surface area contributed by atoms with E-state index in [-0.39, 0.29) is 11.9 Å². The predicted molar refractivity (Wildman–Crippen MR) is 74.1 cm³/mol. The molecule has 3 rings (SSSR count). The summed E-state index contributed by atoms with van der Waals surface area (Å²) in [7, 11) is 0. The summed E-state index contributed by atoms with van der Waals surface area (Å²) in [5.74, 6) is -1.13. The smallest absolute Gasteiger partial charge is 0.326 e. The number of nitrogens with zero attached hydrogens (tertiary/aromatic N) is 1. The van der Waals surface area contributed by atoms with Gasteiger partial charge in [-0.15, -0.1) is 0 Å². The number of carboxylic acids is 1. The fraction of sp³-hybridized carbons (Fsp3) is 0.375. The van der Waals surface area contributed by atoms with Gasteiger partial charge in [0.2, 0.25) is 0 Å². The van der Waals surface area contributed by atoms with Crippen molar-refractivity contribution in [1.29, 1.82) is 0 Å². The third kappa shape index (κ3) is 1.92. The van der Waals surface area contributed by atoms with E-state index < -0.39 is 12.0 Å². The zero-order valence-corrected chi connectivity index (χ0v) is 11.2. The SMILES string of the molecule is C=C1Cc2ccccc2[C@H]2CCC[C@@H](C(=O)O)N2C1=O. The van der Waals surface area contributed by atoms with Crippen LogP contribution in [0.1, 0.15) is 36.4 Å². The summed E-state index contributed by atoms with van der Waals surface area (Å²) in [4.78, 5) is 25.5. The minimum absolute atomic E-state index is 0.132. The maximum atomic E-state index is 12.5. The van der Waals surface area contributed by atoms with E-state index in [1.54, 1.807) is 4.90 Å². The number of piperidine rings is 1. The van der Waals surface area contributed by atoms with Crippen molar-refractivity contribution in [3.05, 3.63) is 47.5 Å². The number of carbonyl (C=O) groups excluding carboxylic acids is 1. The first-order valence-electron chi connectivity index (χ1n) is 6.90. The molecular weight excluding hydrogens is 254 g/mol. The number of hydrogen-bond acceptors (Lipinski definition) is 2. The molecule has 0 spiro atoms. The minimum Gasteiger partial charge on any atom is -0.480 e. The normalized spacial score (nSPS) is 25.7. The van der Waals surface area contributed by atoms with Crippen molar-refractivity contribution in [2.75, 3.05) is 0 Å². The second-order valence-corrected chi connectivity index (χ2v) is 5.49. The van der Waals surface area contributed by atoms with Gasteiger partial charge in [-0.2, -0.15) is 0 Å². The largest absolute Gasteiger partial charge is 0.480 e. The van der Waals surface area contributed by atoms with E-state index in [1.165, 1.54) is 0 Å². The molecule has 1 fully saturated rings. The number of fused-ring (bicyclic) bond motifs is 3. The van der Waals surface area contributed by atoms with E-state index >= 15 is 0 Å². The molecule has 4 nitrogen and oxygen atoms in total. The van der Waals surface area contributed by atoms with Crippen LogP contribution in [-0.4, -0.2) is 27.9 Å². The summed E-state index contributed by atoms with van der Waals surface area (Å²) in [6.07, 6.45) is 2.67. The van der Waals surface area contributed by atoms with Gasteiger partial charge in [0.25, 0.3) is 5.91 Å². The quantitative estimate of drug-likeness (QED) is 0.797. The van der Waals surface area contributed by atoms with Gasteiger partial charge in [-0.25, -0.2) is 4.79 Å². The molecule has 2 aliphatic heterocycles. The van der Waals surface area contributed by atoms with Gasteiger partial charge in [0, 0.05) is 12.0 Å². The molecule has 0 unspecified atom stereocenters. The first-order valence-corrected chi connectivity index (χ1v) is 6.90. The molecule has 0 aliphatic carbocycles. The van der Waals surface area contributed by atoms with E-state index in [0.717, 1.165) is 24.0 Å². The average molecular weight is 271 g/mol. The monoisotopic (exact) mass is 271 g/mol. The molecule has 1 N–H and O–H groups in total. The Morgan fingerprint density at radius 1 is 1.30 bits per heavy atom. The zero-order valence-electron chi connectivity index (χ0n) is 11.2. The molecule has 0 radical (unpaired) electrons. The van der Waals surface area contributed by atoms with Gasteiger partial charge in [0.05, 0.1) is 6.04 Å². The van der Waals surface area contributed by atoms with Gasteiger partial charge in [-0.05, 0) is 30.4 Å². The fourth-order valence-electron chi connectivity index (χ4n) is 3.34. The highest BCUT2D eigenvalue weighted by Crippen LogP contribution is 2.39. The number of amides is 1. The van der Waals surface area contributed by atoms with Gasteiger partial charge in [0.15, 0.2) is 0 Å². The van der Waals surface area contributed by atoms with E-state index in [9.17, 15) is 14.7 Å². The van der Waals surface area contributed by atoms with Crippen LogP contribution in [0.2, 0.25) is 0 Å². The lowest BCUT2D eigenvalue weighted by Gasteiger charge is -2.39. The van der Waals surface area contributed by atoms with E-state index in [1.807, 2.05) is 24.3 Å². The van der Waals surface area contributed by atoms with Crippen LogP contribution >= 0.6 is 0 Å². The zero-order chi connectivity index (χ0) is 14.3. The molecule has 1 aromatic rings. The number of benzene rings is 1. The molecule has 4 heteroatoms. The van der Waals surface area contributed by atoms with E-state index in [2.05, 4.69) is 6.58 Å². The van der Waals surface area contributed by atoms with Crippen LogP contribution in [-0.2, 0) is 16.0 Å². The van der Waals surface area contributed by atoms with Gasteiger partial charge in [-0.1, -0.05) is 30.8 Å². The molecule has 1 aromatic carbocycles. The lowest BCUT2D eigenvalue weighted by Crippen LogP contribution is -2.49. The van der Waals surface area contributed by atoms with Crippen LogP contribution in [0.4, 0.5) is 0 Å². The van der Waals surface area contributed by atoms with Crippen LogP contribution in [0.3, 0.4) is 0 Å². The van der Waals surface area contributed by atoms with Crippen LogP contribution in [0.25, 0.3) is 0 Å². The standard InChI is InChI=1S/C16H17NO3/c1-10-9-11-5-2-3-6-12(11)13-7-4-8-14(16(19)20)17(13)15(10)18/h2-3,5-6,13-14H,1,4,7-9H2,(H,19,20)/t13-,14+/m1/s1.